The molecule has 0 saturated heterocycles. The highest BCUT2D eigenvalue weighted by Gasteiger charge is 2.24. The van der Waals surface area contributed by atoms with Gasteiger partial charge in [0, 0.05) is 11.3 Å². The van der Waals surface area contributed by atoms with Crippen molar-refractivity contribution in [3.63, 3.8) is 0 Å². The number of para-hydroxylation sites is 1. The molecule has 6 heteroatoms. The molecule has 0 aliphatic heterocycles. The first kappa shape index (κ1) is 14.5. The summed E-state index contributed by atoms with van der Waals surface area (Å²) in [6.45, 7) is 0.712. The average molecular weight is 303 g/mol. The van der Waals surface area contributed by atoms with E-state index in [9.17, 15) is 0 Å². The quantitative estimate of drug-likeness (QED) is 0.919. The van der Waals surface area contributed by atoms with Crippen molar-refractivity contribution in [3.05, 3.63) is 36.2 Å². The topological polar surface area (TPSA) is 55.6 Å². The molecule has 0 amide bonds. The fourth-order valence-corrected chi connectivity index (χ4v) is 3.88. The van der Waals surface area contributed by atoms with E-state index in [1.807, 2.05) is 46.8 Å². The second-order valence-electron chi connectivity index (χ2n) is 5.39. The molecule has 112 valence electrons. The Hall–Kier alpha value is -1.40. The van der Waals surface area contributed by atoms with Gasteiger partial charge in [-0.3, -0.25) is 0 Å². The Bertz CT molecular complexity index is 556. The van der Waals surface area contributed by atoms with Crippen LogP contribution < -0.4 is 5.32 Å². The van der Waals surface area contributed by atoms with E-state index in [1.54, 1.807) is 0 Å². The van der Waals surface area contributed by atoms with Crippen LogP contribution in [0, 0.1) is 0 Å². The van der Waals surface area contributed by atoms with Crippen molar-refractivity contribution < 1.29 is 0 Å². The van der Waals surface area contributed by atoms with Crippen LogP contribution in [-0.4, -0.2) is 37.8 Å². The van der Waals surface area contributed by atoms with Crippen LogP contribution in [0.4, 0.5) is 0 Å². The Kier molecular flexibility index (Phi) is 4.87. The fourth-order valence-electron chi connectivity index (χ4n) is 2.92. The van der Waals surface area contributed by atoms with Crippen molar-refractivity contribution in [3.8, 4) is 5.69 Å². The van der Waals surface area contributed by atoms with E-state index in [-0.39, 0.29) is 0 Å². The highest BCUT2D eigenvalue weighted by molar-refractivity contribution is 7.99. The van der Waals surface area contributed by atoms with Crippen LogP contribution >= 0.6 is 11.8 Å². The Morgan fingerprint density at radius 2 is 2.05 bits per heavy atom. The minimum atomic E-state index is 0.565. The van der Waals surface area contributed by atoms with E-state index >= 15 is 0 Å². The molecule has 1 aliphatic rings. The third kappa shape index (κ3) is 3.44. The van der Waals surface area contributed by atoms with E-state index in [4.69, 9.17) is 0 Å². The lowest BCUT2D eigenvalue weighted by Gasteiger charge is -2.30. The van der Waals surface area contributed by atoms with Crippen LogP contribution in [0.15, 0.2) is 30.3 Å². The normalized spacial score (nSPS) is 22.3. The minimum absolute atomic E-state index is 0.565. The predicted octanol–water partition coefficient (Wildman–Crippen LogP) is 2.43. The SMILES string of the molecule is CSC1CCCCC1NCc1nnnn1-c1ccccc1. The molecular formula is C15H21N5S. The molecule has 1 saturated carbocycles. The molecule has 1 aromatic carbocycles. The summed E-state index contributed by atoms with van der Waals surface area (Å²) in [5.74, 6) is 0.867. The summed E-state index contributed by atoms with van der Waals surface area (Å²) in [4.78, 5) is 0. The smallest absolute Gasteiger partial charge is 0.170 e. The monoisotopic (exact) mass is 303 g/mol. The van der Waals surface area contributed by atoms with Crippen molar-refractivity contribution in [2.45, 2.75) is 43.5 Å². The third-order valence-corrected chi connectivity index (χ3v) is 5.23. The Balaban J connectivity index is 1.67. The number of thioether (sulfide) groups is 1. The molecule has 2 unspecified atom stereocenters. The van der Waals surface area contributed by atoms with Gasteiger partial charge in [0.15, 0.2) is 5.82 Å². The number of nitrogens with zero attached hydrogens (tertiary/aromatic N) is 4. The maximum absolute atomic E-state index is 4.16. The zero-order valence-electron chi connectivity index (χ0n) is 12.3. The van der Waals surface area contributed by atoms with Crippen LogP contribution in [0.3, 0.4) is 0 Å². The lowest BCUT2D eigenvalue weighted by atomic mass is 9.95. The molecule has 0 spiro atoms. The zero-order valence-corrected chi connectivity index (χ0v) is 13.1. The first-order valence-electron chi connectivity index (χ1n) is 7.47. The molecule has 21 heavy (non-hydrogen) atoms. The highest BCUT2D eigenvalue weighted by atomic mass is 32.2. The summed E-state index contributed by atoms with van der Waals surface area (Å²) in [7, 11) is 0. The number of aromatic nitrogens is 4. The molecule has 0 radical (unpaired) electrons. The molecule has 5 nitrogen and oxygen atoms in total. The lowest BCUT2D eigenvalue weighted by molar-refractivity contribution is 0.378. The van der Waals surface area contributed by atoms with Crippen LogP contribution in [0.2, 0.25) is 0 Å². The van der Waals surface area contributed by atoms with Gasteiger partial charge in [0.25, 0.3) is 0 Å². The van der Waals surface area contributed by atoms with Crippen molar-refractivity contribution in [2.75, 3.05) is 6.26 Å². The molecule has 1 aromatic heterocycles. The predicted molar refractivity (Wildman–Crippen MR) is 85.6 cm³/mol. The Labute approximate surface area is 129 Å². The molecule has 3 rings (SSSR count). The number of nitrogens with one attached hydrogen (secondary N) is 1. The van der Waals surface area contributed by atoms with Gasteiger partial charge >= 0.3 is 0 Å². The summed E-state index contributed by atoms with van der Waals surface area (Å²) in [6.07, 6.45) is 7.43. The van der Waals surface area contributed by atoms with Crippen LogP contribution in [-0.2, 0) is 6.54 Å². The summed E-state index contributed by atoms with van der Waals surface area (Å²) >= 11 is 1.97. The zero-order chi connectivity index (χ0) is 14.5. The summed E-state index contributed by atoms with van der Waals surface area (Å²) in [5, 5.41) is 16.4. The van der Waals surface area contributed by atoms with Crippen LogP contribution in [0.1, 0.15) is 31.5 Å². The first-order valence-corrected chi connectivity index (χ1v) is 8.76. The van der Waals surface area contributed by atoms with E-state index in [0.29, 0.717) is 17.8 Å². The lowest BCUT2D eigenvalue weighted by Crippen LogP contribution is -2.40. The molecular weight excluding hydrogens is 282 g/mol. The Morgan fingerprint density at radius 3 is 2.86 bits per heavy atom. The number of rotatable bonds is 5. The number of tetrazole rings is 1. The first-order chi connectivity index (χ1) is 10.4. The number of hydrogen-bond acceptors (Lipinski definition) is 5. The van der Waals surface area contributed by atoms with Gasteiger partial charge in [0.1, 0.15) is 0 Å². The van der Waals surface area contributed by atoms with Gasteiger partial charge < -0.3 is 5.32 Å². The van der Waals surface area contributed by atoms with Crippen molar-refractivity contribution >= 4 is 11.8 Å². The maximum atomic E-state index is 4.16. The van der Waals surface area contributed by atoms with Gasteiger partial charge in [-0.25, -0.2) is 0 Å². The maximum Gasteiger partial charge on any atom is 0.170 e. The van der Waals surface area contributed by atoms with Gasteiger partial charge in [-0.05, 0) is 41.7 Å². The molecule has 1 heterocycles. The van der Waals surface area contributed by atoms with E-state index in [1.165, 1.54) is 25.7 Å². The van der Waals surface area contributed by atoms with Gasteiger partial charge in [-0.1, -0.05) is 31.0 Å². The van der Waals surface area contributed by atoms with Gasteiger partial charge in [0.05, 0.1) is 12.2 Å². The Morgan fingerprint density at radius 1 is 1.24 bits per heavy atom. The second kappa shape index (κ2) is 7.04. The highest BCUT2D eigenvalue weighted by Crippen LogP contribution is 2.27. The largest absolute Gasteiger partial charge is 0.306 e. The second-order valence-corrected chi connectivity index (χ2v) is 6.47. The van der Waals surface area contributed by atoms with E-state index in [2.05, 4.69) is 27.1 Å². The van der Waals surface area contributed by atoms with E-state index in [0.717, 1.165) is 11.5 Å². The summed E-state index contributed by atoms with van der Waals surface area (Å²) in [6, 6.07) is 10.6. The molecule has 0 bridgehead atoms. The fraction of sp³-hybridized carbons (Fsp3) is 0.533. The summed E-state index contributed by atoms with van der Waals surface area (Å²) in [5.41, 5.74) is 1.00. The number of benzene rings is 1. The van der Waals surface area contributed by atoms with Gasteiger partial charge in [0.2, 0.25) is 0 Å². The molecule has 1 fully saturated rings. The summed E-state index contributed by atoms with van der Waals surface area (Å²) < 4.78 is 1.81. The van der Waals surface area contributed by atoms with Crippen molar-refractivity contribution in [2.24, 2.45) is 0 Å². The molecule has 2 aromatic rings. The van der Waals surface area contributed by atoms with Crippen molar-refractivity contribution in [1.29, 1.82) is 0 Å². The van der Waals surface area contributed by atoms with E-state index < -0.39 is 0 Å². The van der Waals surface area contributed by atoms with Crippen LogP contribution in [0.25, 0.3) is 5.69 Å². The number of hydrogen-bond donors (Lipinski definition) is 1. The van der Waals surface area contributed by atoms with Gasteiger partial charge in [-0.2, -0.15) is 16.4 Å². The van der Waals surface area contributed by atoms with Crippen LogP contribution in [0.5, 0.6) is 0 Å². The van der Waals surface area contributed by atoms with Gasteiger partial charge in [-0.15, -0.1) is 5.10 Å². The molecule has 1 N–H and O–H groups in total. The minimum Gasteiger partial charge on any atom is -0.306 e. The average Bonchev–Trinajstić information content (AvgIpc) is 3.02. The molecule has 1 aliphatic carbocycles. The molecule has 2 atom stereocenters. The third-order valence-electron chi connectivity index (χ3n) is 4.06. The van der Waals surface area contributed by atoms with Crippen molar-refractivity contribution in [1.82, 2.24) is 25.5 Å². The standard InChI is InChI=1S/C15H21N5S/c1-21-14-10-6-5-9-13(14)16-11-15-17-18-19-20(15)12-7-3-2-4-8-12/h2-4,7-8,13-14,16H,5-6,9-11H2,1H3.